The zero-order chi connectivity index (χ0) is 27.1. The number of ether oxygens (including phenoxy) is 1. The minimum absolute atomic E-state index is 0.139. The van der Waals surface area contributed by atoms with Crippen LogP contribution in [0.2, 0.25) is 0 Å². The minimum atomic E-state index is -5.08. The molecule has 0 bridgehead atoms. The molecule has 3 fully saturated rings. The van der Waals surface area contributed by atoms with Gasteiger partial charge in [0.25, 0.3) is 0 Å². The van der Waals surface area contributed by atoms with E-state index in [9.17, 15) is 31.1 Å². The van der Waals surface area contributed by atoms with E-state index in [0.29, 0.717) is 18.4 Å². The van der Waals surface area contributed by atoms with E-state index in [4.69, 9.17) is 24.5 Å². The Morgan fingerprint density at radius 2 is 1.58 bits per heavy atom. The number of fused-ring (bicyclic) bond motifs is 1. The molecule has 1 aromatic rings. The van der Waals surface area contributed by atoms with Gasteiger partial charge in [0, 0.05) is 44.8 Å². The Morgan fingerprint density at radius 3 is 2.00 bits per heavy atom. The molecule has 2 N–H and O–H groups in total. The normalized spacial score (nSPS) is 23.4. The van der Waals surface area contributed by atoms with E-state index in [1.54, 1.807) is 0 Å². The molecule has 36 heavy (non-hydrogen) atoms. The molecule has 15 heteroatoms. The number of pyridine rings is 1. The number of carbonyl (C=O) groups is 3. The lowest BCUT2D eigenvalue weighted by Gasteiger charge is -2.31. The number of amides is 1. The number of rotatable bonds is 4. The van der Waals surface area contributed by atoms with Crippen molar-refractivity contribution < 1.29 is 55.7 Å². The molecule has 0 saturated carbocycles. The van der Waals surface area contributed by atoms with Crippen molar-refractivity contribution in [2.45, 2.75) is 50.4 Å². The number of carboxylic acids is 2. The molecule has 4 heterocycles. The summed E-state index contributed by atoms with van der Waals surface area (Å²) in [6.07, 6.45) is -5.11. The third-order valence-electron chi connectivity index (χ3n) is 5.60. The van der Waals surface area contributed by atoms with Crippen molar-refractivity contribution in [3.8, 4) is 0 Å². The van der Waals surface area contributed by atoms with Gasteiger partial charge in [-0.25, -0.2) is 9.59 Å². The Morgan fingerprint density at radius 1 is 1.00 bits per heavy atom. The zero-order valence-corrected chi connectivity index (χ0v) is 18.8. The van der Waals surface area contributed by atoms with Crippen LogP contribution in [0.3, 0.4) is 0 Å². The van der Waals surface area contributed by atoms with Gasteiger partial charge in [0.15, 0.2) is 0 Å². The number of hydrogen-bond donors (Lipinski definition) is 2. The Hall–Kier alpha value is -2.94. The lowest BCUT2D eigenvalue weighted by atomic mass is 10.0. The molecule has 202 valence electrons. The van der Waals surface area contributed by atoms with Crippen molar-refractivity contribution in [2.24, 2.45) is 5.92 Å². The quantitative estimate of drug-likeness (QED) is 0.572. The van der Waals surface area contributed by atoms with E-state index in [0.717, 1.165) is 51.3 Å². The van der Waals surface area contributed by atoms with Gasteiger partial charge in [0.05, 0.1) is 24.3 Å². The molecule has 3 saturated heterocycles. The van der Waals surface area contributed by atoms with Gasteiger partial charge in [-0.1, -0.05) is 6.07 Å². The van der Waals surface area contributed by atoms with Crippen molar-refractivity contribution in [2.75, 3.05) is 26.2 Å². The summed E-state index contributed by atoms with van der Waals surface area (Å²) in [6, 6.07) is 6.06. The van der Waals surface area contributed by atoms with Crippen molar-refractivity contribution in [3.63, 3.8) is 0 Å². The molecule has 3 aliphatic heterocycles. The maximum Gasteiger partial charge on any atom is 0.490 e. The van der Waals surface area contributed by atoms with Gasteiger partial charge in [-0.3, -0.25) is 14.7 Å². The van der Waals surface area contributed by atoms with E-state index in [2.05, 4.69) is 16.0 Å². The van der Waals surface area contributed by atoms with Crippen molar-refractivity contribution in [3.05, 3.63) is 30.1 Å². The van der Waals surface area contributed by atoms with E-state index >= 15 is 0 Å². The van der Waals surface area contributed by atoms with Gasteiger partial charge in [-0.05, 0) is 25.0 Å². The van der Waals surface area contributed by atoms with Crippen LogP contribution in [-0.2, 0) is 25.7 Å². The highest BCUT2D eigenvalue weighted by Gasteiger charge is 2.43. The number of aromatic nitrogens is 1. The Bertz CT molecular complexity index is 856. The third kappa shape index (κ3) is 9.26. The van der Waals surface area contributed by atoms with E-state index in [-0.39, 0.29) is 12.0 Å². The van der Waals surface area contributed by atoms with Crippen molar-refractivity contribution in [1.29, 1.82) is 0 Å². The number of hydrogen-bond acceptors (Lipinski definition) is 6. The van der Waals surface area contributed by atoms with Crippen LogP contribution in [0.15, 0.2) is 24.4 Å². The molecule has 1 aromatic heterocycles. The highest BCUT2D eigenvalue weighted by Crippen LogP contribution is 2.35. The fraction of sp³-hybridized carbons (Fsp3) is 0.619. The summed E-state index contributed by atoms with van der Waals surface area (Å²) < 4.78 is 69.6. The Kier molecular flexibility index (Phi) is 10.0. The second-order valence-corrected chi connectivity index (χ2v) is 8.35. The molecule has 0 radical (unpaired) electrons. The van der Waals surface area contributed by atoms with Crippen LogP contribution < -0.4 is 0 Å². The van der Waals surface area contributed by atoms with Gasteiger partial charge < -0.3 is 19.8 Å². The summed E-state index contributed by atoms with van der Waals surface area (Å²) >= 11 is 0. The SMILES string of the molecule is O=C(C[C@@H]1C[C@H]2CN(Cc3ccccn3)C[C@H]2O1)N1CCC1.O=C(O)C(F)(F)F.O=C(O)C(F)(F)F. The zero-order valence-electron chi connectivity index (χ0n) is 18.8. The van der Waals surface area contributed by atoms with Crippen LogP contribution in [0.4, 0.5) is 26.3 Å². The summed E-state index contributed by atoms with van der Waals surface area (Å²) in [5.41, 5.74) is 1.12. The Balaban J connectivity index is 0.000000271. The van der Waals surface area contributed by atoms with Gasteiger partial charge >= 0.3 is 24.3 Å². The van der Waals surface area contributed by atoms with Crippen LogP contribution >= 0.6 is 0 Å². The van der Waals surface area contributed by atoms with E-state index < -0.39 is 24.3 Å². The molecule has 9 nitrogen and oxygen atoms in total. The number of carbonyl (C=O) groups excluding carboxylic acids is 1. The van der Waals surface area contributed by atoms with Crippen LogP contribution in [0.1, 0.15) is 25.0 Å². The number of halogens is 6. The smallest absolute Gasteiger partial charge is 0.475 e. The van der Waals surface area contributed by atoms with Gasteiger partial charge in [0.1, 0.15) is 0 Å². The summed E-state index contributed by atoms with van der Waals surface area (Å²) in [6.45, 7) is 4.81. The first kappa shape index (κ1) is 29.3. The summed E-state index contributed by atoms with van der Waals surface area (Å²) in [5.74, 6) is -4.65. The molecule has 0 aromatic carbocycles. The first-order valence-corrected chi connectivity index (χ1v) is 10.8. The van der Waals surface area contributed by atoms with Crippen LogP contribution in [0, 0.1) is 5.92 Å². The van der Waals surface area contributed by atoms with E-state index in [1.807, 2.05) is 23.2 Å². The summed E-state index contributed by atoms with van der Waals surface area (Å²) in [5, 5.41) is 14.2. The fourth-order valence-corrected chi connectivity index (χ4v) is 3.82. The van der Waals surface area contributed by atoms with Crippen molar-refractivity contribution >= 4 is 17.8 Å². The van der Waals surface area contributed by atoms with Crippen LogP contribution in [0.5, 0.6) is 0 Å². The number of carboxylic acid groups (broad SMARTS) is 2. The van der Waals surface area contributed by atoms with Crippen LogP contribution in [0.25, 0.3) is 0 Å². The summed E-state index contributed by atoms with van der Waals surface area (Å²) in [7, 11) is 0. The molecule has 4 rings (SSSR count). The molecular weight excluding hydrogens is 504 g/mol. The highest BCUT2D eigenvalue weighted by molar-refractivity contribution is 5.77. The number of likely N-dealkylation sites (tertiary alicyclic amines) is 2. The molecule has 0 spiro atoms. The maximum atomic E-state index is 12.0. The maximum absolute atomic E-state index is 12.0. The molecular formula is C21H25F6N3O6. The molecule has 0 aliphatic carbocycles. The molecule has 0 unspecified atom stereocenters. The monoisotopic (exact) mass is 529 g/mol. The number of alkyl halides is 6. The molecule has 1 amide bonds. The third-order valence-corrected chi connectivity index (χ3v) is 5.60. The minimum Gasteiger partial charge on any atom is -0.475 e. The first-order chi connectivity index (χ1) is 16.7. The summed E-state index contributed by atoms with van der Waals surface area (Å²) in [4.78, 5) is 38.6. The number of aliphatic carboxylic acids is 2. The average Bonchev–Trinajstić information content (AvgIpc) is 3.24. The lowest BCUT2D eigenvalue weighted by molar-refractivity contribution is -0.193. The highest BCUT2D eigenvalue weighted by atomic mass is 19.4. The molecule has 3 aliphatic rings. The van der Waals surface area contributed by atoms with Crippen molar-refractivity contribution in [1.82, 2.24) is 14.8 Å². The van der Waals surface area contributed by atoms with E-state index in [1.165, 1.54) is 0 Å². The number of nitrogens with zero attached hydrogens (tertiary/aromatic N) is 3. The fourth-order valence-electron chi connectivity index (χ4n) is 3.82. The van der Waals surface area contributed by atoms with Gasteiger partial charge in [0.2, 0.25) is 5.91 Å². The standard InChI is InChI=1S/C17H23N3O2.2C2HF3O2/c21-17(20-6-3-7-20)9-15-8-13-10-19(12-16(13)22-15)11-14-4-1-2-5-18-14;2*3-2(4,5)1(6)7/h1-2,4-5,13,15-16H,3,6-12H2;2*(H,6,7)/t13-,15-,16+;;/m0../s1. The first-order valence-electron chi connectivity index (χ1n) is 10.8. The Labute approximate surface area is 201 Å². The predicted molar refractivity (Wildman–Crippen MR) is 109 cm³/mol. The predicted octanol–water partition coefficient (Wildman–Crippen LogP) is 2.56. The average molecular weight is 529 g/mol. The van der Waals surface area contributed by atoms with Gasteiger partial charge in [-0.15, -0.1) is 0 Å². The van der Waals surface area contributed by atoms with Crippen LogP contribution in [-0.4, -0.2) is 93.6 Å². The topological polar surface area (TPSA) is 120 Å². The largest absolute Gasteiger partial charge is 0.490 e. The second-order valence-electron chi connectivity index (χ2n) is 8.35. The molecule has 3 atom stereocenters. The lowest BCUT2D eigenvalue weighted by Crippen LogP contribution is -2.43. The second kappa shape index (κ2) is 12.3. The van der Waals surface area contributed by atoms with Gasteiger partial charge in [-0.2, -0.15) is 26.3 Å².